The van der Waals surface area contributed by atoms with Gasteiger partial charge in [-0.3, -0.25) is 0 Å². The number of fused-ring (bicyclic) bond motifs is 2. The Morgan fingerprint density at radius 1 is 0.302 bits per heavy atom. The van der Waals surface area contributed by atoms with Gasteiger partial charge in [-0.05, 0) is 112 Å². The predicted octanol–water partition coefficient (Wildman–Crippen LogP) is 12.7. The fourth-order valence-corrected chi connectivity index (χ4v) is 7.56. The highest BCUT2D eigenvalue weighted by molar-refractivity contribution is 9.10. The molecule has 0 radical (unpaired) electrons. The maximum absolute atomic E-state index is 3.99. The van der Waals surface area contributed by atoms with E-state index in [1.807, 2.05) is 0 Å². The second-order valence-electron chi connectivity index (χ2n) is 11.4. The van der Waals surface area contributed by atoms with Crippen LogP contribution in [0, 0.1) is 0 Å². The third-order valence-electron chi connectivity index (χ3n) is 9.05. The molecule has 0 unspecified atom stereocenters. The zero-order valence-electron chi connectivity index (χ0n) is 23.3. The molecule has 0 bridgehead atoms. The third-order valence-corrected chi connectivity index (χ3v) is 9.71. The molecule has 0 aliphatic carbocycles. The minimum absolute atomic E-state index is 1.12. The molecule has 0 aromatic heterocycles. The molecule has 9 aromatic rings. The van der Waals surface area contributed by atoms with Gasteiger partial charge in [0.1, 0.15) is 0 Å². The van der Waals surface area contributed by atoms with Crippen LogP contribution in [0.15, 0.2) is 156 Å². The zero-order valence-corrected chi connectivity index (χ0v) is 24.9. The molecule has 9 rings (SSSR count). The molecule has 0 fully saturated rings. The zero-order chi connectivity index (χ0) is 28.5. The molecule has 1 heteroatoms. The molecule has 0 saturated carbocycles. The van der Waals surface area contributed by atoms with E-state index in [2.05, 4.69) is 168 Å². The fourth-order valence-electron chi connectivity index (χ4n) is 7.00. The van der Waals surface area contributed by atoms with Crippen LogP contribution in [0.25, 0.3) is 87.2 Å². The average Bonchev–Trinajstić information content (AvgIpc) is 3.07. The first kappa shape index (κ1) is 24.6. The molecule has 0 aliphatic heterocycles. The lowest BCUT2D eigenvalue weighted by atomic mass is 9.83. The summed E-state index contributed by atoms with van der Waals surface area (Å²) >= 11 is 3.99. The van der Waals surface area contributed by atoms with Crippen molar-refractivity contribution in [1.29, 1.82) is 0 Å². The van der Waals surface area contributed by atoms with E-state index in [4.69, 9.17) is 0 Å². The first-order chi connectivity index (χ1) is 21.2. The SMILES string of the molecule is Brc1cc(-c2ccc3ccccc3c2)c2ccc3c(-c4ccccc4)cc(-c4ccc5ccccc5c4)c4ccc1c2c34. The molecule has 0 amide bonds. The van der Waals surface area contributed by atoms with Crippen molar-refractivity contribution in [2.45, 2.75) is 0 Å². The Morgan fingerprint density at radius 3 is 1.33 bits per heavy atom. The van der Waals surface area contributed by atoms with Gasteiger partial charge in [0.05, 0.1) is 0 Å². The van der Waals surface area contributed by atoms with Crippen LogP contribution < -0.4 is 0 Å². The molecule has 0 spiro atoms. The van der Waals surface area contributed by atoms with E-state index in [0.29, 0.717) is 0 Å². The predicted molar refractivity (Wildman–Crippen MR) is 189 cm³/mol. The van der Waals surface area contributed by atoms with Gasteiger partial charge in [-0.15, -0.1) is 0 Å². The van der Waals surface area contributed by atoms with Crippen molar-refractivity contribution in [3.63, 3.8) is 0 Å². The normalized spacial score (nSPS) is 11.8. The number of rotatable bonds is 3. The van der Waals surface area contributed by atoms with Crippen molar-refractivity contribution in [2.24, 2.45) is 0 Å². The van der Waals surface area contributed by atoms with Gasteiger partial charge < -0.3 is 0 Å². The molecular weight excluding hydrogens is 584 g/mol. The van der Waals surface area contributed by atoms with Crippen LogP contribution in [-0.2, 0) is 0 Å². The van der Waals surface area contributed by atoms with Gasteiger partial charge in [-0.1, -0.05) is 143 Å². The van der Waals surface area contributed by atoms with E-state index in [1.165, 1.54) is 87.2 Å². The maximum Gasteiger partial charge on any atom is 0.0260 e. The number of halogens is 1. The van der Waals surface area contributed by atoms with Crippen molar-refractivity contribution >= 4 is 69.8 Å². The Kier molecular flexibility index (Phi) is 5.45. The van der Waals surface area contributed by atoms with Crippen LogP contribution in [-0.4, -0.2) is 0 Å². The standard InChI is InChI=1S/C42H25Br/c43-40-25-39(32-17-15-27-9-5-7-13-30(27)23-32)35-19-18-33-37(28-10-2-1-3-11-28)24-38(34-20-21-36(40)42(35)41(33)34)31-16-14-26-8-4-6-12-29(26)22-31/h1-25H. The van der Waals surface area contributed by atoms with Crippen LogP contribution in [0.2, 0.25) is 0 Å². The van der Waals surface area contributed by atoms with E-state index in [-0.39, 0.29) is 0 Å². The lowest BCUT2D eigenvalue weighted by molar-refractivity contribution is 1.64. The van der Waals surface area contributed by atoms with E-state index in [1.54, 1.807) is 0 Å². The monoisotopic (exact) mass is 608 g/mol. The van der Waals surface area contributed by atoms with Gasteiger partial charge in [0, 0.05) is 4.47 Å². The lowest BCUT2D eigenvalue weighted by Gasteiger charge is -2.20. The highest BCUT2D eigenvalue weighted by atomic mass is 79.9. The summed E-state index contributed by atoms with van der Waals surface area (Å²) < 4.78 is 1.12. The molecule has 43 heavy (non-hydrogen) atoms. The Morgan fingerprint density at radius 2 is 0.744 bits per heavy atom. The summed E-state index contributed by atoms with van der Waals surface area (Å²) in [5.74, 6) is 0. The third kappa shape index (κ3) is 3.82. The van der Waals surface area contributed by atoms with Crippen molar-refractivity contribution in [3.8, 4) is 33.4 Å². The van der Waals surface area contributed by atoms with Gasteiger partial charge in [0.25, 0.3) is 0 Å². The summed E-state index contributed by atoms with van der Waals surface area (Å²) in [7, 11) is 0. The minimum atomic E-state index is 1.12. The summed E-state index contributed by atoms with van der Waals surface area (Å²) in [6.45, 7) is 0. The molecule has 9 aromatic carbocycles. The van der Waals surface area contributed by atoms with Crippen molar-refractivity contribution in [1.82, 2.24) is 0 Å². The smallest absolute Gasteiger partial charge is 0.0260 e. The fraction of sp³-hybridized carbons (Fsp3) is 0. The minimum Gasteiger partial charge on any atom is -0.0622 e. The second-order valence-corrected chi connectivity index (χ2v) is 12.3. The molecule has 0 N–H and O–H groups in total. The molecule has 200 valence electrons. The Balaban J connectivity index is 1.42. The molecule has 0 atom stereocenters. The Hall–Kier alpha value is -4.98. The lowest BCUT2D eigenvalue weighted by Crippen LogP contribution is -1.93. The molecule has 0 heterocycles. The van der Waals surface area contributed by atoms with E-state index >= 15 is 0 Å². The number of benzene rings is 9. The molecule has 0 nitrogen and oxygen atoms in total. The largest absolute Gasteiger partial charge is 0.0622 e. The summed E-state index contributed by atoms with van der Waals surface area (Å²) in [4.78, 5) is 0. The maximum atomic E-state index is 3.99. The van der Waals surface area contributed by atoms with Crippen LogP contribution in [0.3, 0.4) is 0 Å². The number of hydrogen-bond donors (Lipinski definition) is 0. The first-order valence-electron chi connectivity index (χ1n) is 14.7. The summed E-state index contributed by atoms with van der Waals surface area (Å²) in [6, 6.07) is 55.7. The summed E-state index contributed by atoms with van der Waals surface area (Å²) in [5, 5.41) is 12.8. The summed E-state index contributed by atoms with van der Waals surface area (Å²) in [5.41, 5.74) is 7.47. The van der Waals surface area contributed by atoms with Gasteiger partial charge in [-0.2, -0.15) is 0 Å². The van der Waals surface area contributed by atoms with E-state index in [0.717, 1.165) is 4.47 Å². The second kappa shape index (κ2) is 9.52. The molecule has 0 aliphatic rings. The van der Waals surface area contributed by atoms with Gasteiger partial charge in [0.2, 0.25) is 0 Å². The molecular formula is C42H25Br. The van der Waals surface area contributed by atoms with E-state index in [9.17, 15) is 0 Å². The Bertz CT molecular complexity index is 2510. The van der Waals surface area contributed by atoms with Crippen LogP contribution in [0.4, 0.5) is 0 Å². The highest BCUT2D eigenvalue weighted by Gasteiger charge is 2.20. The van der Waals surface area contributed by atoms with Crippen molar-refractivity contribution < 1.29 is 0 Å². The summed E-state index contributed by atoms with van der Waals surface area (Å²) in [6.07, 6.45) is 0. The van der Waals surface area contributed by atoms with E-state index < -0.39 is 0 Å². The van der Waals surface area contributed by atoms with Crippen LogP contribution in [0.1, 0.15) is 0 Å². The van der Waals surface area contributed by atoms with Gasteiger partial charge >= 0.3 is 0 Å². The van der Waals surface area contributed by atoms with Crippen molar-refractivity contribution in [3.05, 3.63) is 156 Å². The van der Waals surface area contributed by atoms with Gasteiger partial charge in [-0.25, -0.2) is 0 Å². The Labute approximate surface area is 258 Å². The highest BCUT2D eigenvalue weighted by Crippen LogP contribution is 2.48. The van der Waals surface area contributed by atoms with Gasteiger partial charge in [0.15, 0.2) is 0 Å². The quantitative estimate of drug-likeness (QED) is 0.175. The van der Waals surface area contributed by atoms with Crippen molar-refractivity contribution in [2.75, 3.05) is 0 Å². The molecule has 0 saturated heterocycles. The van der Waals surface area contributed by atoms with Crippen LogP contribution in [0.5, 0.6) is 0 Å². The van der Waals surface area contributed by atoms with Crippen LogP contribution >= 0.6 is 15.9 Å². The first-order valence-corrected chi connectivity index (χ1v) is 15.5. The average molecular weight is 610 g/mol. The number of hydrogen-bond acceptors (Lipinski definition) is 0. The topological polar surface area (TPSA) is 0 Å².